The van der Waals surface area contributed by atoms with Gasteiger partial charge in [-0.2, -0.15) is 4.98 Å². The molecule has 0 spiro atoms. The fourth-order valence-electron chi connectivity index (χ4n) is 1.55. The fraction of sp³-hybridized carbons (Fsp3) is 0.231. The number of ether oxygens (including phenoxy) is 1. The molecule has 21 heavy (non-hydrogen) atoms. The van der Waals surface area contributed by atoms with E-state index in [1.807, 2.05) is 6.92 Å². The average Bonchev–Trinajstić information content (AvgIpc) is 2.45. The second-order valence-corrected chi connectivity index (χ2v) is 4.12. The van der Waals surface area contributed by atoms with Crippen LogP contribution in [0.3, 0.4) is 0 Å². The quantitative estimate of drug-likeness (QED) is 0.649. The fourth-order valence-corrected chi connectivity index (χ4v) is 1.55. The number of hydrogen-bond acceptors (Lipinski definition) is 6. The Hall–Kier alpha value is -2.77. The number of halogens is 1. The van der Waals surface area contributed by atoms with E-state index >= 15 is 0 Å². The van der Waals surface area contributed by atoms with Crippen molar-refractivity contribution in [2.45, 2.75) is 13.3 Å². The highest BCUT2D eigenvalue weighted by Crippen LogP contribution is 2.31. The second kappa shape index (κ2) is 6.60. The molecule has 1 aromatic carbocycles. The molecule has 0 aliphatic heterocycles. The van der Waals surface area contributed by atoms with Crippen molar-refractivity contribution in [3.8, 4) is 11.6 Å². The highest BCUT2D eigenvalue weighted by atomic mass is 19.1. The number of nitro groups is 1. The van der Waals surface area contributed by atoms with Gasteiger partial charge < -0.3 is 10.1 Å². The molecule has 0 atom stereocenters. The van der Waals surface area contributed by atoms with Crippen LogP contribution >= 0.6 is 0 Å². The summed E-state index contributed by atoms with van der Waals surface area (Å²) < 4.78 is 18.5. The molecule has 1 N–H and O–H groups in total. The van der Waals surface area contributed by atoms with E-state index in [1.165, 1.54) is 12.3 Å². The lowest BCUT2D eigenvalue weighted by Gasteiger charge is -2.07. The topological polar surface area (TPSA) is 90.2 Å². The molecule has 0 aliphatic rings. The van der Waals surface area contributed by atoms with E-state index in [4.69, 9.17) is 4.74 Å². The minimum Gasteiger partial charge on any atom is -0.432 e. The molecular formula is C13H13FN4O3. The molecule has 1 heterocycles. The summed E-state index contributed by atoms with van der Waals surface area (Å²) >= 11 is 0. The number of anilines is 1. The minimum atomic E-state index is -0.647. The third-order valence-corrected chi connectivity index (χ3v) is 2.50. The summed E-state index contributed by atoms with van der Waals surface area (Å²) in [5, 5.41) is 13.8. The predicted molar refractivity (Wildman–Crippen MR) is 73.9 cm³/mol. The van der Waals surface area contributed by atoms with Crippen LogP contribution in [0.2, 0.25) is 0 Å². The summed E-state index contributed by atoms with van der Waals surface area (Å²) in [5.41, 5.74) is -0.335. The Morgan fingerprint density at radius 3 is 2.95 bits per heavy atom. The molecule has 0 bridgehead atoms. The maximum absolute atomic E-state index is 13.2. The molecule has 1 aromatic heterocycles. The van der Waals surface area contributed by atoms with Crippen molar-refractivity contribution >= 4 is 11.6 Å². The van der Waals surface area contributed by atoms with Crippen molar-refractivity contribution in [3.05, 3.63) is 46.4 Å². The summed E-state index contributed by atoms with van der Waals surface area (Å²) in [6.07, 6.45) is 2.34. The van der Waals surface area contributed by atoms with E-state index in [9.17, 15) is 14.5 Å². The number of nitro benzene ring substituents is 1. The normalized spacial score (nSPS) is 10.2. The molecule has 0 saturated heterocycles. The molecule has 2 aromatic rings. The van der Waals surface area contributed by atoms with Gasteiger partial charge in [0.1, 0.15) is 5.82 Å². The first-order valence-electron chi connectivity index (χ1n) is 6.29. The molecule has 0 fully saturated rings. The molecule has 2 rings (SSSR count). The van der Waals surface area contributed by atoms with Crippen molar-refractivity contribution < 1.29 is 14.1 Å². The molecule has 0 aliphatic carbocycles. The van der Waals surface area contributed by atoms with Crippen LogP contribution in [-0.4, -0.2) is 21.4 Å². The van der Waals surface area contributed by atoms with Crippen LogP contribution < -0.4 is 10.1 Å². The van der Waals surface area contributed by atoms with E-state index in [-0.39, 0.29) is 17.3 Å². The van der Waals surface area contributed by atoms with Gasteiger partial charge in [0.25, 0.3) is 0 Å². The van der Waals surface area contributed by atoms with Gasteiger partial charge in [-0.25, -0.2) is 9.37 Å². The van der Waals surface area contributed by atoms with Crippen molar-refractivity contribution in [2.24, 2.45) is 0 Å². The van der Waals surface area contributed by atoms with Crippen LogP contribution in [0.5, 0.6) is 11.6 Å². The summed E-state index contributed by atoms with van der Waals surface area (Å²) in [6.45, 7) is 2.67. The van der Waals surface area contributed by atoms with Gasteiger partial charge in [0.05, 0.1) is 4.92 Å². The van der Waals surface area contributed by atoms with Gasteiger partial charge in [-0.1, -0.05) is 6.92 Å². The first-order chi connectivity index (χ1) is 10.1. The van der Waals surface area contributed by atoms with Crippen LogP contribution in [0.15, 0.2) is 30.5 Å². The molecule has 110 valence electrons. The number of benzene rings is 1. The van der Waals surface area contributed by atoms with Gasteiger partial charge in [-0.15, -0.1) is 0 Å². The van der Waals surface area contributed by atoms with Crippen molar-refractivity contribution in [3.63, 3.8) is 0 Å². The summed E-state index contributed by atoms with van der Waals surface area (Å²) in [5.74, 6) is -0.403. The number of hydrogen-bond donors (Lipinski definition) is 1. The largest absolute Gasteiger partial charge is 0.432 e. The Labute approximate surface area is 120 Å². The highest BCUT2D eigenvalue weighted by Gasteiger charge is 2.17. The third kappa shape index (κ3) is 3.85. The van der Waals surface area contributed by atoms with E-state index in [1.54, 1.807) is 0 Å². The Kier molecular flexibility index (Phi) is 4.60. The Morgan fingerprint density at radius 2 is 2.24 bits per heavy atom. The number of aromatic nitrogens is 2. The first-order valence-corrected chi connectivity index (χ1v) is 6.29. The summed E-state index contributed by atoms with van der Waals surface area (Å²) in [6, 6.07) is 4.42. The zero-order valence-corrected chi connectivity index (χ0v) is 11.2. The zero-order valence-electron chi connectivity index (χ0n) is 11.2. The lowest BCUT2D eigenvalue weighted by atomic mass is 10.3. The summed E-state index contributed by atoms with van der Waals surface area (Å²) in [4.78, 5) is 18.3. The van der Waals surface area contributed by atoms with Crippen molar-refractivity contribution in [2.75, 3.05) is 11.9 Å². The second-order valence-electron chi connectivity index (χ2n) is 4.12. The molecule has 0 radical (unpaired) electrons. The van der Waals surface area contributed by atoms with Crippen molar-refractivity contribution in [1.29, 1.82) is 0 Å². The summed E-state index contributed by atoms with van der Waals surface area (Å²) in [7, 11) is 0. The smallest absolute Gasteiger partial charge is 0.311 e. The van der Waals surface area contributed by atoms with Crippen LogP contribution in [-0.2, 0) is 0 Å². The predicted octanol–water partition coefficient (Wildman–Crippen LogP) is 3.14. The molecule has 8 heteroatoms. The van der Waals surface area contributed by atoms with Crippen LogP contribution in [0.4, 0.5) is 16.0 Å². The van der Waals surface area contributed by atoms with Crippen LogP contribution in [0.1, 0.15) is 13.3 Å². The Bertz CT molecular complexity index is 651. The van der Waals surface area contributed by atoms with E-state index < -0.39 is 10.7 Å². The Morgan fingerprint density at radius 1 is 1.43 bits per heavy atom. The third-order valence-electron chi connectivity index (χ3n) is 2.50. The SMILES string of the molecule is CCCNc1nccc(Oc2cc(F)ccc2[N+](=O)[O-])n1. The first kappa shape index (κ1) is 14.6. The molecule has 0 saturated carbocycles. The molecule has 0 amide bonds. The van der Waals surface area contributed by atoms with Gasteiger partial charge in [0.2, 0.25) is 17.6 Å². The van der Waals surface area contributed by atoms with Crippen molar-refractivity contribution in [1.82, 2.24) is 9.97 Å². The van der Waals surface area contributed by atoms with Gasteiger partial charge in [-0.05, 0) is 12.5 Å². The van der Waals surface area contributed by atoms with Gasteiger partial charge in [0.15, 0.2) is 0 Å². The number of nitrogens with one attached hydrogen (secondary N) is 1. The average molecular weight is 292 g/mol. The lowest BCUT2D eigenvalue weighted by molar-refractivity contribution is -0.385. The Balaban J connectivity index is 2.25. The van der Waals surface area contributed by atoms with Gasteiger partial charge in [0, 0.05) is 30.9 Å². The standard InChI is InChI=1S/C13H13FN4O3/c1-2-6-15-13-16-7-5-12(17-13)21-11-8-9(14)3-4-10(11)18(19)20/h3-5,7-8H,2,6H2,1H3,(H,15,16,17). The lowest BCUT2D eigenvalue weighted by Crippen LogP contribution is -2.04. The van der Waals surface area contributed by atoms with Crippen LogP contribution in [0, 0.1) is 15.9 Å². The zero-order chi connectivity index (χ0) is 15.2. The number of nitrogens with zero attached hydrogens (tertiary/aromatic N) is 3. The van der Waals surface area contributed by atoms with Crippen LogP contribution in [0.25, 0.3) is 0 Å². The van der Waals surface area contributed by atoms with Gasteiger partial charge >= 0.3 is 5.69 Å². The maximum Gasteiger partial charge on any atom is 0.311 e. The van der Waals surface area contributed by atoms with E-state index in [0.29, 0.717) is 12.5 Å². The minimum absolute atomic E-state index is 0.0947. The number of rotatable bonds is 6. The monoisotopic (exact) mass is 292 g/mol. The molecular weight excluding hydrogens is 279 g/mol. The highest BCUT2D eigenvalue weighted by molar-refractivity contribution is 5.48. The molecule has 0 unspecified atom stereocenters. The van der Waals surface area contributed by atoms with E-state index in [2.05, 4.69) is 15.3 Å². The maximum atomic E-state index is 13.2. The molecule has 7 nitrogen and oxygen atoms in total. The van der Waals surface area contributed by atoms with Gasteiger partial charge in [-0.3, -0.25) is 10.1 Å². The van der Waals surface area contributed by atoms with E-state index in [0.717, 1.165) is 24.6 Å².